The van der Waals surface area contributed by atoms with Crippen molar-refractivity contribution in [3.63, 3.8) is 0 Å². The van der Waals surface area contributed by atoms with Crippen LogP contribution in [0.2, 0.25) is 0 Å². The molecule has 2 aliphatic heterocycles. The van der Waals surface area contributed by atoms with E-state index in [-0.39, 0.29) is 0 Å². The van der Waals surface area contributed by atoms with Crippen LogP contribution in [0.1, 0.15) is 31.7 Å². The first-order valence-corrected chi connectivity index (χ1v) is 8.61. The molecule has 2 atom stereocenters. The summed E-state index contributed by atoms with van der Waals surface area (Å²) in [4.78, 5) is 25.5. The van der Waals surface area contributed by atoms with Gasteiger partial charge in [0.25, 0.3) is 0 Å². The number of nitrogens with zero attached hydrogens (tertiary/aromatic N) is 2. The fourth-order valence-corrected chi connectivity index (χ4v) is 3.66. The zero-order chi connectivity index (χ0) is 19.3. The molecule has 1 N–H and O–H groups in total. The second kappa shape index (κ2) is 8.53. The van der Waals surface area contributed by atoms with Gasteiger partial charge in [-0.1, -0.05) is 30.3 Å². The standard InChI is InChI=1S/C16H22N2O.C2HF3O2/c1-2-18-15-10-11-17(14(15)8-9-16(18)19)12-13-6-4-3-5-7-13;3-2(4,5)1(6)7/h3-7,14-15H,2,8-12H2,1H3;(H,6,7)/t14-,15-;/m1./s1. The Balaban J connectivity index is 0.000000298. The molecule has 0 spiro atoms. The summed E-state index contributed by atoms with van der Waals surface area (Å²) in [6, 6.07) is 11.7. The van der Waals surface area contributed by atoms with Gasteiger partial charge >= 0.3 is 12.1 Å². The fraction of sp³-hybridized carbons (Fsp3) is 0.556. The summed E-state index contributed by atoms with van der Waals surface area (Å²) in [5.74, 6) is -2.40. The van der Waals surface area contributed by atoms with E-state index in [0.717, 1.165) is 38.9 Å². The van der Waals surface area contributed by atoms with E-state index in [1.54, 1.807) is 0 Å². The van der Waals surface area contributed by atoms with Crippen molar-refractivity contribution in [2.45, 2.75) is 51.0 Å². The van der Waals surface area contributed by atoms with E-state index in [1.807, 2.05) is 0 Å². The number of hydrogen-bond donors (Lipinski definition) is 1. The molecule has 1 aromatic carbocycles. The number of carboxylic acids is 1. The molecule has 8 heteroatoms. The number of alkyl halides is 3. The molecule has 0 radical (unpaired) electrons. The molecular weight excluding hydrogens is 349 g/mol. The van der Waals surface area contributed by atoms with Gasteiger partial charge < -0.3 is 10.0 Å². The van der Waals surface area contributed by atoms with Gasteiger partial charge in [0.1, 0.15) is 0 Å². The highest BCUT2D eigenvalue weighted by molar-refractivity contribution is 5.77. The smallest absolute Gasteiger partial charge is 0.475 e. The van der Waals surface area contributed by atoms with Gasteiger partial charge in [-0.05, 0) is 25.3 Å². The zero-order valence-electron chi connectivity index (χ0n) is 14.6. The molecule has 2 saturated heterocycles. The summed E-state index contributed by atoms with van der Waals surface area (Å²) >= 11 is 0. The molecule has 0 unspecified atom stereocenters. The third kappa shape index (κ3) is 4.97. The molecule has 26 heavy (non-hydrogen) atoms. The molecule has 2 heterocycles. The quantitative estimate of drug-likeness (QED) is 0.886. The molecule has 144 valence electrons. The number of aliphatic carboxylic acids is 1. The zero-order valence-corrected chi connectivity index (χ0v) is 14.6. The fourth-order valence-electron chi connectivity index (χ4n) is 3.66. The molecule has 3 rings (SSSR count). The van der Waals surface area contributed by atoms with E-state index in [2.05, 4.69) is 47.1 Å². The molecule has 0 aromatic heterocycles. The number of halogens is 3. The summed E-state index contributed by atoms with van der Waals surface area (Å²) in [5, 5.41) is 7.12. The highest BCUT2D eigenvalue weighted by atomic mass is 19.4. The molecule has 2 fully saturated rings. The third-order valence-electron chi connectivity index (χ3n) is 4.81. The Bertz CT molecular complexity index is 622. The highest BCUT2D eigenvalue weighted by Gasteiger charge is 2.42. The van der Waals surface area contributed by atoms with E-state index in [1.165, 1.54) is 5.56 Å². The van der Waals surface area contributed by atoms with Crippen molar-refractivity contribution in [1.82, 2.24) is 9.80 Å². The summed E-state index contributed by atoms with van der Waals surface area (Å²) in [6.07, 6.45) is -2.19. The van der Waals surface area contributed by atoms with Gasteiger partial charge in [0.2, 0.25) is 5.91 Å². The lowest BCUT2D eigenvalue weighted by molar-refractivity contribution is -0.192. The first-order valence-electron chi connectivity index (χ1n) is 8.61. The lowest BCUT2D eigenvalue weighted by Gasteiger charge is -2.39. The number of carbonyl (C=O) groups is 2. The minimum Gasteiger partial charge on any atom is -0.475 e. The normalized spacial score (nSPS) is 23.2. The van der Waals surface area contributed by atoms with Crippen LogP contribution in [0, 0.1) is 0 Å². The second-order valence-corrected chi connectivity index (χ2v) is 6.40. The average Bonchev–Trinajstić information content (AvgIpc) is 2.98. The number of rotatable bonds is 3. The van der Waals surface area contributed by atoms with Crippen LogP contribution in [0.5, 0.6) is 0 Å². The first kappa shape index (κ1) is 20.2. The Labute approximate surface area is 150 Å². The number of fused-ring (bicyclic) bond motifs is 1. The van der Waals surface area contributed by atoms with Crippen molar-refractivity contribution in [1.29, 1.82) is 0 Å². The molecule has 2 aliphatic rings. The van der Waals surface area contributed by atoms with Crippen LogP contribution < -0.4 is 0 Å². The van der Waals surface area contributed by atoms with Crippen LogP contribution in [0.3, 0.4) is 0 Å². The molecule has 0 saturated carbocycles. The summed E-state index contributed by atoms with van der Waals surface area (Å²) in [6.45, 7) is 5.10. The Morgan fingerprint density at radius 2 is 1.81 bits per heavy atom. The first-order chi connectivity index (χ1) is 12.2. The lowest BCUT2D eigenvalue weighted by atomic mass is 9.96. The molecule has 5 nitrogen and oxygen atoms in total. The van der Waals surface area contributed by atoms with E-state index in [4.69, 9.17) is 9.90 Å². The average molecular weight is 372 g/mol. The van der Waals surface area contributed by atoms with Gasteiger partial charge in [0.15, 0.2) is 0 Å². The lowest BCUT2D eigenvalue weighted by Crippen LogP contribution is -2.51. The SMILES string of the molecule is CCN1C(=O)CC[C@@H]2[C@H]1CCN2Cc1ccccc1.O=C(O)C(F)(F)F. The predicted octanol–water partition coefficient (Wildman–Crippen LogP) is 2.91. The summed E-state index contributed by atoms with van der Waals surface area (Å²) < 4.78 is 31.7. The van der Waals surface area contributed by atoms with E-state index >= 15 is 0 Å². The molecule has 1 amide bonds. The highest BCUT2D eigenvalue weighted by Crippen LogP contribution is 2.32. The number of amides is 1. The largest absolute Gasteiger partial charge is 0.490 e. The van der Waals surface area contributed by atoms with Crippen LogP contribution in [0.4, 0.5) is 13.2 Å². The van der Waals surface area contributed by atoms with Gasteiger partial charge in [0.05, 0.1) is 0 Å². The van der Waals surface area contributed by atoms with Crippen LogP contribution >= 0.6 is 0 Å². The Kier molecular flexibility index (Phi) is 6.63. The van der Waals surface area contributed by atoms with Gasteiger partial charge in [-0.2, -0.15) is 13.2 Å². The Morgan fingerprint density at radius 3 is 2.35 bits per heavy atom. The number of carbonyl (C=O) groups excluding carboxylic acids is 1. The van der Waals surface area contributed by atoms with Gasteiger partial charge in [-0.15, -0.1) is 0 Å². The maximum Gasteiger partial charge on any atom is 0.490 e. The van der Waals surface area contributed by atoms with Crippen molar-refractivity contribution in [3.05, 3.63) is 35.9 Å². The van der Waals surface area contributed by atoms with Crippen molar-refractivity contribution >= 4 is 11.9 Å². The summed E-state index contributed by atoms with van der Waals surface area (Å²) in [7, 11) is 0. The van der Waals surface area contributed by atoms with Crippen molar-refractivity contribution < 1.29 is 27.9 Å². The van der Waals surface area contributed by atoms with Crippen LogP contribution in [-0.4, -0.2) is 58.1 Å². The molecule has 0 bridgehead atoms. The van der Waals surface area contributed by atoms with E-state index in [0.29, 0.717) is 18.0 Å². The van der Waals surface area contributed by atoms with Crippen molar-refractivity contribution in [2.75, 3.05) is 13.1 Å². The van der Waals surface area contributed by atoms with Gasteiger partial charge in [-0.3, -0.25) is 9.69 Å². The minimum absolute atomic E-state index is 0.352. The van der Waals surface area contributed by atoms with Gasteiger partial charge in [0, 0.05) is 38.1 Å². The monoisotopic (exact) mass is 372 g/mol. The number of piperidine rings is 1. The number of carboxylic acid groups (broad SMARTS) is 1. The topological polar surface area (TPSA) is 60.9 Å². The number of hydrogen-bond acceptors (Lipinski definition) is 3. The van der Waals surface area contributed by atoms with Crippen LogP contribution in [-0.2, 0) is 16.1 Å². The van der Waals surface area contributed by atoms with E-state index in [9.17, 15) is 18.0 Å². The van der Waals surface area contributed by atoms with E-state index < -0.39 is 12.1 Å². The van der Waals surface area contributed by atoms with Gasteiger partial charge in [-0.25, -0.2) is 4.79 Å². The maximum absolute atomic E-state index is 11.9. The number of likely N-dealkylation sites (N-methyl/N-ethyl adjacent to an activating group) is 1. The Hall–Kier alpha value is -2.09. The van der Waals surface area contributed by atoms with Crippen LogP contribution in [0.15, 0.2) is 30.3 Å². The van der Waals surface area contributed by atoms with Crippen molar-refractivity contribution in [3.8, 4) is 0 Å². The second-order valence-electron chi connectivity index (χ2n) is 6.40. The van der Waals surface area contributed by atoms with Crippen LogP contribution in [0.25, 0.3) is 0 Å². The molecular formula is C18H23F3N2O3. The third-order valence-corrected chi connectivity index (χ3v) is 4.81. The maximum atomic E-state index is 11.9. The van der Waals surface area contributed by atoms with Crippen molar-refractivity contribution in [2.24, 2.45) is 0 Å². The number of likely N-dealkylation sites (tertiary alicyclic amines) is 2. The minimum atomic E-state index is -5.08. The summed E-state index contributed by atoms with van der Waals surface area (Å²) in [5.41, 5.74) is 1.38. The number of benzene rings is 1. The molecule has 1 aromatic rings. The molecule has 0 aliphatic carbocycles. The Morgan fingerprint density at radius 1 is 1.19 bits per heavy atom. The predicted molar refractivity (Wildman–Crippen MR) is 89.4 cm³/mol.